The monoisotopic (exact) mass is 364 g/mol. The summed E-state index contributed by atoms with van der Waals surface area (Å²) in [5, 5.41) is 3.49. The predicted molar refractivity (Wildman–Crippen MR) is 107 cm³/mol. The molecule has 0 bridgehead atoms. The highest BCUT2D eigenvalue weighted by Gasteiger charge is 2.13. The van der Waals surface area contributed by atoms with Crippen LogP contribution >= 0.6 is 0 Å². The second-order valence-electron chi connectivity index (χ2n) is 6.37. The molecule has 0 aliphatic rings. The number of carbonyl (C=O) groups is 1. The molecular weight excluding hydrogens is 340 g/mol. The van der Waals surface area contributed by atoms with Crippen LogP contribution in [0.25, 0.3) is 10.9 Å². The van der Waals surface area contributed by atoms with Gasteiger partial charge in [-0.1, -0.05) is 42.5 Å². The Morgan fingerprint density at radius 2 is 1.85 bits per heavy atom. The average molecular weight is 364 g/mol. The van der Waals surface area contributed by atoms with E-state index in [-0.39, 0.29) is 18.1 Å². The molecule has 0 radical (unpaired) electrons. The summed E-state index contributed by atoms with van der Waals surface area (Å²) < 4.78 is 0. The normalized spacial score (nSPS) is 10.7. The number of fused-ring (bicyclic) bond motifs is 1. The molecule has 6 nitrogen and oxygen atoms in total. The molecule has 6 heteroatoms. The first kappa shape index (κ1) is 18.6. The molecule has 0 saturated heterocycles. The summed E-state index contributed by atoms with van der Waals surface area (Å²) in [6, 6.07) is 17.2. The van der Waals surface area contributed by atoms with Gasteiger partial charge in [0.25, 0.3) is 5.56 Å². The van der Waals surface area contributed by atoms with Gasteiger partial charge in [-0.25, -0.2) is 9.78 Å². The maximum atomic E-state index is 12.4. The minimum absolute atomic E-state index is 0.152. The highest BCUT2D eigenvalue weighted by molar-refractivity contribution is 5.77. The van der Waals surface area contributed by atoms with Gasteiger partial charge in [0.15, 0.2) is 0 Å². The van der Waals surface area contributed by atoms with Gasteiger partial charge in [-0.15, -0.1) is 0 Å². The molecule has 3 rings (SSSR count). The zero-order valence-electron chi connectivity index (χ0n) is 15.4. The molecule has 2 amide bonds. The van der Waals surface area contributed by atoms with E-state index in [1.165, 1.54) is 5.56 Å². The number of nitrogens with one attached hydrogen (secondary N) is 2. The molecule has 0 unspecified atom stereocenters. The molecule has 2 N–H and O–H groups in total. The number of amides is 2. The number of rotatable bonds is 7. The average Bonchev–Trinajstić information content (AvgIpc) is 2.70. The molecule has 0 saturated carbocycles. The van der Waals surface area contributed by atoms with Crippen molar-refractivity contribution in [1.82, 2.24) is 20.2 Å². The van der Waals surface area contributed by atoms with Gasteiger partial charge in [-0.05, 0) is 37.5 Å². The molecule has 3 aromatic rings. The van der Waals surface area contributed by atoms with E-state index in [1.54, 1.807) is 23.1 Å². The lowest BCUT2D eigenvalue weighted by atomic mass is 10.1. The van der Waals surface area contributed by atoms with E-state index in [4.69, 9.17) is 0 Å². The Bertz CT molecular complexity index is 953. The molecule has 0 spiro atoms. The Balaban J connectivity index is 1.56. The number of urea groups is 1. The minimum Gasteiger partial charge on any atom is -0.338 e. The lowest BCUT2D eigenvalue weighted by molar-refractivity contribution is 0.196. The summed E-state index contributed by atoms with van der Waals surface area (Å²) >= 11 is 0. The van der Waals surface area contributed by atoms with E-state index in [1.807, 2.05) is 31.2 Å². The number of benzene rings is 2. The standard InChI is InChI=1S/C21H24N4O2/c1-2-25(21(27)22-14-8-11-16-9-4-3-5-10-16)15-19-23-18-13-7-6-12-17(18)20(26)24-19/h3-7,9-10,12-13H,2,8,11,14-15H2,1H3,(H,22,27)(H,23,24,26). The summed E-state index contributed by atoms with van der Waals surface area (Å²) in [6.07, 6.45) is 1.80. The van der Waals surface area contributed by atoms with E-state index < -0.39 is 0 Å². The summed E-state index contributed by atoms with van der Waals surface area (Å²) in [4.78, 5) is 33.5. The summed E-state index contributed by atoms with van der Waals surface area (Å²) in [5.74, 6) is 0.486. The molecule has 1 heterocycles. The molecule has 0 atom stereocenters. The Hall–Kier alpha value is -3.15. The highest BCUT2D eigenvalue weighted by Crippen LogP contribution is 2.07. The van der Waals surface area contributed by atoms with Crippen LogP contribution in [-0.2, 0) is 13.0 Å². The van der Waals surface area contributed by atoms with Crippen molar-refractivity contribution in [3.8, 4) is 0 Å². The van der Waals surface area contributed by atoms with Crippen LogP contribution in [0, 0.1) is 0 Å². The van der Waals surface area contributed by atoms with E-state index in [2.05, 4.69) is 27.4 Å². The second kappa shape index (κ2) is 8.98. The molecule has 0 fully saturated rings. The molecule has 0 aliphatic carbocycles. The fraction of sp³-hybridized carbons (Fsp3) is 0.286. The topological polar surface area (TPSA) is 78.1 Å². The lowest BCUT2D eigenvalue weighted by Crippen LogP contribution is -2.40. The smallest absolute Gasteiger partial charge is 0.317 e. The van der Waals surface area contributed by atoms with Crippen molar-refractivity contribution in [3.63, 3.8) is 0 Å². The summed E-state index contributed by atoms with van der Waals surface area (Å²) in [7, 11) is 0. The van der Waals surface area contributed by atoms with Crippen LogP contribution in [0.3, 0.4) is 0 Å². The molecule has 0 aliphatic heterocycles. The lowest BCUT2D eigenvalue weighted by Gasteiger charge is -2.21. The van der Waals surface area contributed by atoms with Gasteiger partial charge in [-0.3, -0.25) is 4.79 Å². The number of aromatic amines is 1. The van der Waals surface area contributed by atoms with Crippen molar-refractivity contribution >= 4 is 16.9 Å². The van der Waals surface area contributed by atoms with Gasteiger partial charge >= 0.3 is 6.03 Å². The minimum atomic E-state index is -0.185. The van der Waals surface area contributed by atoms with E-state index in [0.717, 1.165) is 12.8 Å². The highest BCUT2D eigenvalue weighted by atomic mass is 16.2. The fourth-order valence-corrected chi connectivity index (χ4v) is 2.96. The Morgan fingerprint density at radius 1 is 1.11 bits per heavy atom. The number of H-pyrrole nitrogens is 1. The number of aromatic nitrogens is 2. The molecule has 1 aromatic heterocycles. The number of hydrogen-bond donors (Lipinski definition) is 2. The third-order valence-corrected chi connectivity index (χ3v) is 4.43. The first-order chi connectivity index (χ1) is 13.2. The van der Waals surface area contributed by atoms with E-state index in [0.29, 0.717) is 29.8 Å². The van der Waals surface area contributed by atoms with Crippen molar-refractivity contribution in [2.75, 3.05) is 13.1 Å². The Labute approximate surface area is 158 Å². The van der Waals surface area contributed by atoms with Crippen molar-refractivity contribution in [2.24, 2.45) is 0 Å². The Morgan fingerprint density at radius 3 is 2.63 bits per heavy atom. The van der Waals surface area contributed by atoms with Crippen molar-refractivity contribution in [1.29, 1.82) is 0 Å². The van der Waals surface area contributed by atoms with Crippen LogP contribution in [0.4, 0.5) is 4.79 Å². The number of para-hydroxylation sites is 1. The Kier molecular flexibility index (Phi) is 6.20. The molecule has 27 heavy (non-hydrogen) atoms. The van der Waals surface area contributed by atoms with Crippen molar-refractivity contribution in [2.45, 2.75) is 26.3 Å². The molecular formula is C21H24N4O2. The first-order valence-electron chi connectivity index (χ1n) is 9.22. The predicted octanol–water partition coefficient (Wildman–Crippen LogP) is 3.09. The summed E-state index contributed by atoms with van der Waals surface area (Å²) in [6.45, 7) is 3.30. The zero-order valence-corrected chi connectivity index (χ0v) is 15.4. The first-order valence-corrected chi connectivity index (χ1v) is 9.22. The third kappa shape index (κ3) is 4.94. The number of hydrogen-bond acceptors (Lipinski definition) is 3. The number of carbonyl (C=O) groups excluding carboxylic acids is 1. The van der Waals surface area contributed by atoms with Crippen LogP contribution in [0.15, 0.2) is 59.4 Å². The van der Waals surface area contributed by atoms with E-state index >= 15 is 0 Å². The number of nitrogens with zero attached hydrogens (tertiary/aromatic N) is 2. The van der Waals surface area contributed by atoms with Crippen LogP contribution in [-0.4, -0.2) is 34.0 Å². The maximum Gasteiger partial charge on any atom is 0.317 e. The van der Waals surface area contributed by atoms with E-state index in [9.17, 15) is 9.59 Å². The van der Waals surface area contributed by atoms with Crippen LogP contribution in [0.5, 0.6) is 0 Å². The van der Waals surface area contributed by atoms with Crippen LogP contribution < -0.4 is 10.9 Å². The molecule has 140 valence electrons. The number of aryl methyl sites for hydroxylation is 1. The van der Waals surface area contributed by atoms with Crippen LogP contribution in [0.1, 0.15) is 24.7 Å². The van der Waals surface area contributed by atoms with Crippen molar-refractivity contribution < 1.29 is 4.79 Å². The largest absolute Gasteiger partial charge is 0.338 e. The van der Waals surface area contributed by atoms with Gasteiger partial charge in [0.05, 0.1) is 17.4 Å². The van der Waals surface area contributed by atoms with Gasteiger partial charge in [-0.2, -0.15) is 0 Å². The van der Waals surface area contributed by atoms with Crippen molar-refractivity contribution in [3.05, 3.63) is 76.3 Å². The maximum absolute atomic E-state index is 12.4. The summed E-state index contributed by atoms with van der Waals surface area (Å²) in [5.41, 5.74) is 1.71. The SMILES string of the molecule is CCN(Cc1nc2ccccc2c(=O)[nH]1)C(=O)NCCCc1ccccc1. The van der Waals surface area contributed by atoms with Gasteiger partial charge < -0.3 is 15.2 Å². The quantitative estimate of drug-likeness (QED) is 0.633. The van der Waals surface area contributed by atoms with Gasteiger partial charge in [0.1, 0.15) is 5.82 Å². The fourth-order valence-electron chi connectivity index (χ4n) is 2.96. The molecule has 2 aromatic carbocycles. The zero-order chi connectivity index (χ0) is 19.1. The van der Waals surface area contributed by atoms with Gasteiger partial charge in [0, 0.05) is 13.1 Å². The third-order valence-electron chi connectivity index (χ3n) is 4.43. The van der Waals surface area contributed by atoms with Crippen LogP contribution in [0.2, 0.25) is 0 Å². The second-order valence-corrected chi connectivity index (χ2v) is 6.37. The van der Waals surface area contributed by atoms with Gasteiger partial charge in [0.2, 0.25) is 0 Å².